The third-order valence-corrected chi connectivity index (χ3v) is 3.74. The van der Waals surface area contributed by atoms with Gasteiger partial charge in [0.1, 0.15) is 0 Å². The topological polar surface area (TPSA) is 70.9 Å². The van der Waals surface area contributed by atoms with E-state index in [2.05, 4.69) is 10.2 Å². The molecule has 6 heteroatoms. The fourth-order valence-electron chi connectivity index (χ4n) is 1.74. The molecule has 0 aliphatic rings. The molecule has 0 bridgehead atoms. The number of aliphatic hydroxyl groups excluding tert-OH is 1. The van der Waals surface area contributed by atoms with Crippen molar-refractivity contribution >= 4 is 11.8 Å². The summed E-state index contributed by atoms with van der Waals surface area (Å²) in [5.74, 6) is 0. The van der Waals surface area contributed by atoms with Crippen LogP contribution in [0, 0.1) is 0 Å². The fraction of sp³-hybridized carbons (Fsp3) is 0.385. The molecule has 2 aromatic rings. The molecule has 2 rings (SSSR count). The van der Waals surface area contributed by atoms with Gasteiger partial charge in [-0.3, -0.25) is 4.57 Å². The Bertz CT molecular complexity index is 599. The Morgan fingerprint density at radius 3 is 2.42 bits per heavy atom. The second kappa shape index (κ2) is 5.63. The van der Waals surface area contributed by atoms with Crippen molar-refractivity contribution in [3.05, 3.63) is 40.3 Å². The van der Waals surface area contributed by atoms with E-state index in [4.69, 9.17) is 0 Å². The minimum absolute atomic E-state index is 0.0606. The van der Waals surface area contributed by atoms with Gasteiger partial charge < -0.3 is 5.11 Å². The standard InChI is InChI=1S/C13H17N3O2S/c1-8(2)16-12(18)14-15-13(16)19-11-6-4-10(5-7-11)9(3)17/h4-9,17H,1-3H3,(H,14,18)/t9-/m0/s1. The maximum Gasteiger partial charge on any atom is 0.344 e. The maximum atomic E-state index is 11.6. The second-order valence-electron chi connectivity index (χ2n) is 4.62. The van der Waals surface area contributed by atoms with Crippen LogP contribution >= 0.6 is 11.8 Å². The molecule has 0 spiro atoms. The average molecular weight is 279 g/mol. The van der Waals surface area contributed by atoms with Crippen LogP contribution in [0.3, 0.4) is 0 Å². The minimum Gasteiger partial charge on any atom is -0.389 e. The number of aromatic amines is 1. The van der Waals surface area contributed by atoms with Gasteiger partial charge in [-0.05, 0) is 50.2 Å². The zero-order valence-corrected chi connectivity index (χ0v) is 11.9. The van der Waals surface area contributed by atoms with Gasteiger partial charge in [0.25, 0.3) is 0 Å². The molecule has 1 aromatic carbocycles. The van der Waals surface area contributed by atoms with Crippen molar-refractivity contribution in [2.24, 2.45) is 0 Å². The summed E-state index contributed by atoms with van der Waals surface area (Å²) >= 11 is 1.42. The molecule has 1 heterocycles. The summed E-state index contributed by atoms with van der Waals surface area (Å²) in [5, 5.41) is 16.6. The van der Waals surface area contributed by atoms with Gasteiger partial charge in [-0.25, -0.2) is 9.89 Å². The molecule has 102 valence electrons. The van der Waals surface area contributed by atoms with Crippen LogP contribution in [0.5, 0.6) is 0 Å². The lowest BCUT2D eigenvalue weighted by atomic mass is 10.1. The Morgan fingerprint density at radius 2 is 1.89 bits per heavy atom. The second-order valence-corrected chi connectivity index (χ2v) is 5.66. The Balaban J connectivity index is 2.24. The molecule has 0 unspecified atom stereocenters. The Hall–Kier alpha value is -1.53. The van der Waals surface area contributed by atoms with E-state index in [0.717, 1.165) is 10.5 Å². The van der Waals surface area contributed by atoms with Crippen LogP contribution in [0.4, 0.5) is 0 Å². The van der Waals surface area contributed by atoms with Crippen LogP contribution in [0.1, 0.15) is 38.5 Å². The third-order valence-electron chi connectivity index (χ3n) is 2.76. The van der Waals surface area contributed by atoms with E-state index in [9.17, 15) is 9.90 Å². The van der Waals surface area contributed by atoms with Crippen molar-refractivity contribution in [1.29, 1.82) is 0 Å². The highest BCUT2D eigenvalue weighted by atomic mass is 32.2. The van der Waals surface area contributed by atoms with Gasteiger partial charge in [0.2, 0.25) is 0 Å². The molecule has 1 atom stereocenters. The van der Waals surface area contributed by atoms with E-state index in [1.54, 1.807) is 11.5 Å². The zero-order chi connectivity index (χ0) is 14.0. The molecule has 0 saturated carbocycles. The number of rotatable bonds is 4. The molecule has 19 heavy (non-hydrogen) atoms. The molecule has 2 N–H and O–H groups in total. The van der Waals surface area contributed by atoms with E-state index in [1.165, 1.54) is 11.8 Å². The van der Waals surface area contributed by atoms with Crippen molar-refractivity contribution < 1.29 is 5.11 Å². The van der Waals surface area contributed by atoms with Gasteiger partial charge >= 0.3 is 5.69 Å². The fourth-order valence-corrected chi connectivity index (χ4v) is 2.70. The van der Waals surface area contributed by atoms with Gasteiger partial charge in [-0.1, -0.05) is 12.1 Å². The van der Waals surface area contributed by atoms with Gasteiger partial charge in [-0.15, -0.1) is 5.10 Å². The Kier molecular flexibility index (Phi) is 4.11. The van der Waals surface area contributed by atoms with Gasteiger partial charge in [0.05, 0.1) is 6.10 Å². The average Bonchev–Trinajstić information content (AvgIpc) is 2.71. The summed E-state index contributed by atoms with van der Waals surface area (Å²) in [4.78, 5) is 12.6. The predicted molar refractivity (Wildman–Crippen MR) is 74.4 cm³/mol. The number of aromatic nitrogens is 3. The molecule has 0 aliphatic heterocycles. The van der Waals surface area contributed by atoms with Crippen molar-refractivity contribution in [3.63, 3.8) is 0 Å². The molecule has 0 aliphatic carbocycles. The van der Waals surface area contributed by atoms with E-state index >= 15 is 0 Å². The van der Waals surface area contributed by atoms with E-state index in [0.29, 0.717) is 5.16 Å². The predicted octanol–water partition coefficient (Wildman–Crippen LogP) is 2.36. The summed E-state index contributed by atoms with van der Waals surface area (Å²) in [6.07, 6.45) is -0.474. The monoisotopic (exact) mass is 279 g/mol. The molecule has 0 saturated heterocycles. The summed E-state index contributed by atoms with van der Waals surface area (Å²) in [6.45, 7) is 5.61. The summed E-state index contributed by atoms with van der Waals surface area (Å²) in [6, 6.07) is 7.63. The molecule has 0 amide bonds. The summed E-state index contributed by atoms with van der Waals surface area (Å²) < 4.78 is 1.62. The van der Waals surface area contributed by atoms with Crippen LogP contribution < -0.4 is 5.69 Å². The minimum atomic E-state index is -0.474. The van der Waals surface area contributed by atoms with Gasteiger partial charge in [0.15, 0.2) is 5.16 Å². The van der Waals surface area contributed by atoms with Crippen LogP contribution in [-0.2, 0) is 0 Å². The maximum absolute atomic E-state index is 11.6. The van der Waals surface area contributed by atoms with Crippen molar-refractivity contribution in [2.75, 3.05) is 0 Å². The highest BCUT2D eigenvalue weighted by Gasteiger charge is 2.12. The van der Waals surface area contributed by atoms with Crippen molar-refractivity contribution in [3.8, 4) is 0 Å². The van der Waals surface area contributed by atoms with Crippen molar-refractivity contribution in [2.45, 2.75) is 43.0 Å². The Morgan fingerprint density at radius 1 is 1.26 bits per heavy atom. The third kappa shape index (κ3) is 3.08. The number of H-pyrrole nitrogens is 1. The van der Waals surface area contributed by atoms with Crippen LogP contribution in [0.25, 0.3) is 0 Å². The Labute approximate surface area is 115 Å². The zero-order valence-electron chi connectivity index (χ0n) is 11.1. The molecule has 1 aromatic heterocycles. The number of hydrogen-bond acceptors (Lipinski definition) is 4. The quantitative estimate of drug-likeness (QED) is 0.901. The highest BCUT2D eigenvalue weighted by Crippen LogP contribution is 2.27. The smallest absolute Gasteiger partial charge is 0.344 e. The number of nitrogens with zero attached hydrogens (tertiary/aromatic N) is 2. The molecule has 0 fully saturated rings. The first-order valence-corrected chi connectivity index (χ1v) is 6.93. The van der Waals surface area contributed by atoms with Crippen LogP contribution in [0.15, 0.2) is 39.1 Å². The van der Waals surface area contributed by atoms with E-state index in [-0.39, 0.29) is 11.7 Å². The molecular weight excluding hydrogens is 262 g/mol. The number of hydrogen-bond donors (Lipinski definition) is 2. The van der Waals surface area contributed by atoms with E-state index in [1.807, 2.05) is 38.1 Å². The first kappa shape index (κ1) is 13.9. The van der Waals surface area contributed by atoms with Gasteiger partial charge in [-0.2, -0.15) is 0 Å². The molecular formula is C13H17N3O2S. The lowest BCUT2D eigenvalue weighted by Crippen LogP contribution is -2.19. The highest BCUT2D eigenvalue weighted by molar-refractivity contribution is 7.99. The molecule has 5 nitrogen and oxygen atoms in total. The lowest BCUT2D eigenvalue weighted by Gasteiger charge is -2.09. The number of benzene rings is 1. The summed E-state index contributed by atoms with van der Waals surface area (Å²) in [7, 11) is 0. The van der Waals surface area contributed by atoms with Crippen LogP contribution in [0.2, 0.25) is 0 Å². The van der Waals surface area contributed by atoms with E-state index < -0.39 is 6.10 Å². The van der Waals surface area contributed by atoms with Crippen molar-refractivity contribution in [1.82, 2.24) is 14.8 Å². The number of aliphatic hydroxyl groups is 1. The number of nitrogens with one attached hydrogen (secondary N) is 1. The largest absolute Gasteiger partial charge is 0.389 e. The van der Waals surface area contributed by atoms with Crippen LogP contribution in [-0.4, -0.2) is 19.9 Å². The first-order valence-electron chi connectivity index (χ1n) is 6.12. The van der Waals surface area contributed by atoms with Gasteiger partial charge in [0, 0.05) is 10.9 Å². The first-order chi connectivity index (χ1) is 8.99. The lowest BCUT2D eigenvalue weighted by molar-refractivity contribution is 0.199. The SMILES string of the molecule is CC(C)n1c(Sc2ccc([C@H](C)O)cc2)n[nH]c1=O. The molecule has 0 radical (unpaired) electrons. The summed E-state index contributed by atoms with van der Waals surface area (Å²) in [5.41, 5.74) is 0.672. The normalized spacial score (nSPS) is 12.9.